The molecule has 0 unspecified atom stereocenters. The molecule has 0 aromatic heterocycles. The van der Waals surface area contributed by atoms with Crippen LogP contribution in [-0.2, 0) is 12.8 Å². The number of hydrogen-bond acceptors (Lipinski definition) is 4. The van der Waals surface area contributed by atoms with E-state index < -0.39 is 0 Å². The molecular formula is C40H54N2O2. The van der Waals surface area contributed by atoms with Gasteiger partial charge in [0.2, 0.25) is 0 Å². The second-order valence-corrected chi connectivity index (χ2v) is 14.9. The van der Waals surface area contributed by atoms with Crippen LogP contribution in [0.2, 0.25) is 0 Å². The summed E-state index contributed by atoms with van der Waals surface area (Å²) < 4.78 is 11.1. The lowest BCUT2D eigenvalue weighted by molar-refractivity contribution is 0.0782. The average molecular weight is 595 g/mol. The maximum absolute atomic E-state index is 5.54. The van der Waals surface area contributed by atoms with Crippen molar-refractivity contribution in [3.05, 3.63) is 71.3 Å². The van der Waals surface area contributed by atoms with Gasteiger partial charge in [-0.15, -0.1) is 6.58 Å². The van der Waals surface area contributed by atoms with Crippen molar-refractivity contribution < 1.29 is 9.47 Å². The Morgan fingerprint density at radius 3 is 1.75 bits per heavy atom. The van der Waals surface area contributed by atoms with Gasteiger partial charge in [0.25, 0.3) is 0 Å². The van der Waals surface area contributed by atoms with E-state index in [2.05, 4.69) is 82.3 Å². The van der Waals surface area contributed by atoms with Gasteiger partial charge in [0.05, 0.1) is 14.2 Å². The zero-order valence-corrected chi connectivity index (χ0v) is 27.9. The second-order valence-electron chi connectivity index (χ2n) is 14.9. The summed E-state index contributed by atoms with van der Waals surface area (Å²) in [6, 6.07) is 13.5. The van der Waals surface area contributed by atoms with Crippen molar-refractivity contribution in [2.75, 3.05) is 14.2 Å². The summed E-state index contributed by atoms with van der Waals surface area (Å²) in [6.07, 6.45) is 19.7. The summed E-state index contributed by atoms with van der Waals surface area (Å²) in [7, 11) is 3.54. The molecule has 0 N–H and O–H groups in total. The highest BCUT2D eigenvalue weighted by molar-refractivity contribution is 5.70. The summed E-state index contributed by atoms with van der Waals surface area (Å²) in [5.74, 6) is 5.78. The molecule has 44 heavy (non-hydrogen) atoms. The van der Waals surface area contributed by atoms with Crippen LogP contribution in [0.1, 0.15) is 113 Å². The molecule has 2 aromatic rings. The van der Waals surface area contributed by atoms with Crippen LogP contribution in [0.5, 0.6) is 11.5 Å². The van der Waals surface area contributed by atoms with Crippen molar-refractivity contribution in [1.82, 2.24) is 0 Å². The Morgan fingerprint density at radius 2 is 1.27 bits per heavy atom. The first-order valence-corrected chi connectivity index (χ1v) is 17.4. The Balaban J connectivity index is 1.19. The molecule has 4 heteroatoms. The highest BCUT2D eigenvalue weighted by Gasteiger charge is 2.48. The Morgan fingerprint density at radius 1 is 0.773 bits per heavy atom. The van der Waals surface area contributed by atoms with Crippen molar-refractivity contribution in [2.45, 2.75) is 103 Å². The van der Waals surface area contributed by atoms with Crippen LogP contribution in [0.3, 0.4) is 0 Å². The SMILES string of the molecule is C=CC[C@H]1[C@@H]2CCc3cc(OC)ccc3[C@H]2CC[C@]1(C)/C=N/N=C\[C@@]1(C)CC[C@@H]2c3ccc(OC)cc3CC[C@H]2[C@@H]1CCC. The summed E-state index contributed by atoms with van der Waals surface area (Å²) in [6.45, 7) is 11.4. The van der Waals surface area contributed by atoms with Crippen molar-refractivity contribution in [3.63, 3.8) is 0 Å². The Kier molecular flexibility index (Phi) is 9.09. The third kappa shape index (κ3) is 5.67. The van der Waals surface area contributed by atoms with Crippen LogP contribution in [0, 0.1) is 34.5 Å². The molecule has 0 spiro atoms. The van der Waals surface area contributed by atoms with Gasteiger partial charge in [-0.05, 0) is 146 Å². The van der Waals surface area contributed by atoms with Crippen LogP contribution in [0.25, 0.3) is 0 Å². The summed E-state index contributed by atoms with van der Waals surface area (Å²) in [5, 5.41) is 9.76. The number of benzene rings is 2. The van der Waals surface area contributed by atoms with Gasteiger partial charge in [-0.25, -0.2) is 0 Å². The minimum Gasteiger partial charge on any atom is -0.497 e. The normalized spacial score (nSPS) is 34.6. The molecule has 8 atom stereocenters. The molecule has 2 aromatic carbocycles. The van der Waals surface area contributed by atoms with E-state index in [0.29, 0.717) is 35.5 Å². The fourth-order valence-corrected chi connectivity index (χ4v) is 10.2. The highest BCUT2D eigenvalue weighted by Crippen LogP contribution is 2.57. The first kappa shape index (κ1) is 31.1. The molecule has 0 saturated heterocycles. The molecule has 0 amide bonds. The van der Waals surface area contributed by atoms with Crippen molar-refractivity contribution in [3.8, 4) is 11.5 Å². The number of ether oxygens (including phenoxy) is 2. The quantitative estimate of drug-likeness (QED) is 0.165. The van der Waals surface area contributed by atoms with E-state index in [1.807, 2.05) is 0 Å². The molecule has 0 radical (unpaired) electrons. The maximum Gasteiger partial charge on any atom is 0.119 e. The third-order valence-corrected chi connectivity index (χ3v) is 12.5. The lowest BCUT2D eigenvalue weighted by Crippen LogP contribution is -2.44. The number of nitrogens with zero attached hydrogens (tertiary/aromatic N) is 2. The van der Waals surface area contributed by atoms with E-state index in [4.69, 9.17) is 19.7 Å². The largest absolute Gasteiger partial charge is 0.497 e. The van der Waals surface area contributed by atoms with E-state index in [1.54, 1.807) is 25.3 Å². The van der Waals surface area contributed by atoms with Gasteiger partial charge in [0, 0.05) is 23.3 Å². The van der Waals surface area contributed by atoms with E-state index in [9.17, 15) is 0 Å². The standard InChI is InChI=1S/C40H54N2O2/c1-7-9-37-35-15-11-27-23-29(43-5)13-17-31(27)33(35)19-21-39(37,3)25-41-42-26-40(4)22-20-34-32-18-14-30(44-6)24-28(32)12-16-36(34)38(40)10-8-2/h7,13-14,17-18,23-26,33-38H,1,8-12,15-16,19-22H2,2-6H3/b41-25+,42-26-/t33-,34-,35-,36-,37+,38+,39-,40-/m1/s1. The number of aryl methyl sites for hydroxylation is 2. The zero-order valence-electron chi connectivity index (χ0n) is 27.9. The maximum atomic E-state index is 5.54. The third-order valence-electron chi connectivity index (χ3n) is 12.5. The van der Waals surface area contributed by atoms with Crippen LogP contribution in [0.15, 0.2) is 59.3 Å². The van der Waals surface area contributed by atoms with Gasteiger partial charge in [-0.3, -0.25) is 0 Å². The van der Waals surface area contributed by atoms with Crippen molar-refractivity contribution in [2.24, 2.45) is 44.7 Å². The van der Waals surface area contributed by atoms with E-state index in [-0.39, 0.29) is 10.8 Å². The highest BCUT2D eigenvalue weighted by atomic mass is 16.5. The van der Waals surface area contributed by atoms with Crippen LogP contribution in [0.4, 0.5) is 0 Å². The Labute approximate surface area is 266 Å². The van der Waals surface area contributed by atoms with E-state index in [0.717, 1.165) is 37.2 Å². The molecule has 6 rings (SSSR count). The zero-order chi connectivity index (χ0) is 30.9. The molecular weight excluding hydrogens is 540 g/mol. The lowest BCUT2D eigenvalue weighted by atomic mass is 9.54. The molecule has 0 aliphatic heterocycles. The predicted molar refractivity (Wildman–Crippen MR) is 183 cm³/mol. The summed E-state index contributed by atoms with van der Waals surface area (Å²) in [5.41, 5.74) is 6.22. The smallest absolute Gasteiger partial charge is 0.119 e. The molecule has 4 aliphatic rings. The van der Waals surface area contributed by atoms with Gasteiger partial charge in [0.15, 0.2) is 0 Å². The number of allylic oxidation sites excluding steroid dienone is 1. The topological polar surface area (TPSA) is 43.2 Å². The molecule has 236 valence electrons. The summed E-state index contributed by atoms with van der Waals surface area (Å²) >= 11 is 0. The van der Waals surface area contributed by atoms with Gasteiger partial charge in [0.1, 0.15) is 11.5 Å². The lowest BCUT2D eigenvalue weighted by Gasteiger charge is -2.51. The minimum absolute atomic E-state index is 0.0339. The number of rotatable bonds is 9. The van der Waals surface area contributed by atoms with Crippen LogP contribution in [-0.4, -0.2) is 26.6 Å². The summed E-state index contributed by atoms with van der Waals surface area (Å²) in [4.78, 5) is 0. The van der Waals surface area contributed by atoms with Crippen molar-refractivity contribution in [1.29, 1.82) is 0 Å². The molecule has 4 aliphatic carbocycles. The average Bonchev–Trinajstić information content (AvgIpc) is 3.05. The molecule has 0 bridgehead atoms. The van der Waals surface area contributed by atoms with Gasteiger partial charge in [-0.2, -0.15) is 10.2 Å². The molecule has 0 heterocycles. The Bertz CT molecular complexity index is 1400. The fourth-order valence-electron chi connectivity index (χ4n) is 10.2. The number of hydrogen-bond donors (Lipinski definition) is 0. The first-order valence-electron chi connectivity index (χ1n) is 17.4. The van der Waals surface area contributed by atoms with Gasteiger partial charge >= 0.3 is 0 Å². The van der Waals surface area contributed by atoms with E-state index in [1.165, 1.54) is 56.1 Å². The monoisotopic (exact) mass is 594 g/mol. The van der Waals surface area contributed by atoms with Crippen molar-refractivity contribution >= 4 is 12.4 Å². The predicted octanol–water partition coefficient (Wildman–Crippen LogP) is 9.96. The fraction of sp³-hybridized carbons (Fsp3) is 0.600. The first-order chi connectivity index (χ1) is 21.3. The minimum atomic E-state index is 0.0339. The van der Waals surface area contributed by atoms with Crippen LogP contribution < -0.4 is 9.47 Å². The van der Waals surface area contributed by atoms with Gasteiger partial charge in [-0.1, -0.05) is 45.4 Å². The second kappa shape index (κ2) is 12.9. The van der Waals surface area contributed by atoms with E-state index >= 15 is 0 Å². The molecule has 4 nitrogen and oxygen atoms in total. The number of methoxy groups -OCH3 is 2. The van der Waals surface area contributed by atoms with Crippen LogP contribution >= 0.6 is 0 Å². The molecule has 2 saturated carbocycles. The Hall–Kier alpha value is -2.88. The molecule has 2 fully saturated rings. The van der Waals surface area contributed by atoms with Gasteiger partial charge < -0.3 is 9.47 Å². The number of fused-ring (bicyclic) bond motifs is 6.